The summed E-state index contributed by atoms with van der Waals surface area (Å²) in [5.74, 6) is 0.146. The molecule has 1 aliphatic rings. The van der Waals surface area contributed by atoms with E-state index in [1.165, 1.54) is 11.2 Å². The molecule has 0 aromatic rings. The fourth-order valence-electron chi connectivity index (χ4n) is 2.09. The van der Waals surface area contributed by atoms with Crippen LogP contribution in [0, 0.1) is 0 Å². The summed E-state index contributed by atoms with van der Waals surface area (Å²) in [5, 5.41) is 0. The first kappa shape index (κ1) is 13.6. The Balaban J connectivity index is 2.78. The lowest BCUT2D eigenvalue weighted by Gasteiger charge is -2.33. The zero-order valence-corrected chi connectivity index (χ0v) is 10.9. The van der Waals surface area contributed by atoms with E-state index in [1.807, 2.05) is 6.92 Å². The molecule has 0 aromatic heterocycles. The lowest BCUT2D eigenvalue weighted by Crippen LogP contribution is -2.48. The number of hydrogen-bond acceptors (Lipinski definition) is 3. The zero-order valence-electron chi connectivity index (χ0n) is 10.1. The second-order valence-electron chi connectivity index (χ2n) is 4.40. The van der Waals surface area contributed by atoms with Gasteiger partial charge >= 0.3 is 0 Å². The van der Waals surface area contributed by atoms with Gasteiger partial charge in [0.05, 0.1) is 11.8 Å². The van der Waals surface area contributed by atoms with Crippen LogP contribution in [0.5, 0.6) is 0 Å². The summed E-state index contributed by atoms with van der Waals surface area (Å²) >= 11 is 0. The molecule has 0 saturated carbocycles. The molecule has 94 valence electrons. The molecule has 16 heavy (non-hydrogen) atoms. The van der Waals surface area contributed by atoms with Gasteiger partial charge in [0.15, 0.2) is 0 Å². The number of ketones is 1. The Bertz CT molecular complexity index is 337. The SMILES string of the molecule is CCCCS(=O)(=O)N1CCCCC1C(C)=O. The summed E-state index contributed by atoms with van der Waals surface area (Å²) < 4.78 is 25.5. The van der Waals surface area contributed by atoms with Crippen molar-refractivity contribution in [2.24, 2.45) is 0 Å². The van der Waals surface area contributed by atoms with E-state index >= 15 is 0 Å². The molecule has 1 heterocycles. The van der Waals surface area contributed by atoms with Crippen molar-refractivity contribution in [3.05, 3.63) is 0 Å². The van der Waals surface area contributed by atoms with Gasteiger partial charge in [0.25, 0.3) is 0 Å². The Hall–Kier alpha value is -0.420. The Morgan fingerprint density at radius 2 is 2.06 bits per heavy atom. The molecule has 1 aliphatic heterocycles. The first-order valence-electron chi connectivity index (χ1n) is 5.99. The van der Waals surface area contributed by atoms with Crippen LogP contribution in [-0.2, 0) is 14.8 Å². The highest BCUT2D eigenvalue weighted by atomic mass is 32.2. The van der Waals surface area contributed by atoms with Crippen LogP contribution < -0.4 is 0 Å². The normalized spacial score (nSPS) is 23.2. The molecule has 1 fully saturated rings. The topological polar surface area (TPSA) is 54.5 Å². The van der Waals surface area contributed by atoms with E-state index in [0.29, 0.717) is 19.4 Å². The minimum atomic E-state index is -3.23. The van der Waals surface area contributed by atoms with Crippen molar-refractivity contribution in [2.45, 2.75) is 52.0 Å². The summed E-state index contributed by atoms with van der Waals surface area (Å²) in [5.41, 5.74) is 0. The molecule has 0 radical (unpaired) electrons. The second kappa shape index (κ2) is 5.77. The number of unbranched alkanes of at least 4 members (excludes halogenated alkanes) is 1. The van der Waals surface area contributed by atoms with Gasteiger partial charge in [0.2, 0.25) is 10.0 Å². The van der Waals surface area contributed by atoms with Crippen LogP contribution in [0.1, 0.15) is 46.0 Å². The highest BCUT2D eigenvalue weighted by Gasteiger charge is 2.34. The molecule has 0 amide bonds. The molecular formula is C11H21NO3S. The quantitative estimate of drug-likeness (QED) is 0.741. The van der Waals surface area contributed by atoms with Crippen LogP contribution in [0.15, 0.2) is 0 Å². The van der Waals surface area contributed by atoms with E-state index in [2.05, 4.69) is 0 Å². The Labute approximate surface area is 98.1 Å². The maximum Gasteiger partial charge on any atom is 0.214 e. The van der Waals surface area contributed by atoms with Crippen LogP contribution in [0.4, 0.5) is 0 Å². The first-order valence-corrected chi connectivity index (χ1v) is 7.60. The van der Waals surface area contributed by atoms with Crippen LogP contribution in [0.2, 0.25) is 0 Å². The van der Waals surface area contributed by atoms with E-state index in [9.17, 15) is 13.2 Å². The van der Waals surface area contributed by atoms with Crippen molar-refractivity contribution in [2.75, 3.05) is 12.3 Å². The first-order chi connectivity index (χ1) is 7.49. The van der Waals surface area contributed by atoms with Crippen molar-refractivity contribution in [1.82, 2.24) is 4.31 Å². The summed E-state index contributed by atoms with van der Waals surface area (Å²) in [6.07, 6.45) is 4.03. The number of rotatable bonds is 5. The fraction of sp³-hybridized carbons (Fsp3) is 0.909. The summed E-state index contributed by atoms with van der Waals surface area (Å²) in [4.78, 5) is 11.4. The molecule has 4 nitrogen and oxygen atoms in total. The van der Waals surface area contributed by atoms with Crippen LogP contribution in [0.25, 0.3) is 0 Å². The Morgan fingerprint density at radius 3 is 2.62 bits per heavy atom. The van der Waals surface area contributed by atoms with E-state index < -0.39 is 16.1 Å². The van der Waals surface area contributed by atoms with Crippen LogP contribution in [-0.4, -0.2) is 36.8 Å². The molecule has 1 unspecified atom stereocenters. The van der Waals surface area contributed by atoms with Crippen molar-refractivity contribution >= 4 is 15.8 Å². The molecule has 0 bridgehead atoms. The third-order valence-corrected chi connectivity index (χ3v) is 4.99. The largest absolute Gasteiger partial charge is 0.298 e. The summed E-state index contributed by atoms with van der Waals surface area (Å²) in [6.45, 7) is 3.96. The molecular weight excluding hydrogens is 226 g/mol. The highest BCUT2D eigenvalue weighted by Crippen LogP contribution is 2.22. The Kier molecular flexibility index (Phi) is 4.92. The van der Waals surface area contributed by atoms with E-state index in [1.54, 1.807) is 0 Å². The lowest BCUT2D eigenvalue weighted by molar-refractivity contribution is -0.121. The molecule has 0 N–H and O–H groups in total. The van der Waals surface area contributed by atoms with Gasteiger partial charge < -0.3 is 0 Å². The number of carbonyl (C=O) groups excluding carboxylic acids is 1. The van der Waals surface area contributed by atoms with Gasteiger partial charge in [-0.2, -0.15) is 4.31 Å². The highest BCUT2D eigenvalue weighted by molar-refractivity contribution is 7.89. The Morgan fingerprint density at radius 1 is 1.38 bits per heavy atom. The molecule has 1 atom stereocenters. The number of nitrogens with zero attached hydrogens (tertiary/aromatic N) is 1. The summed E-state index contributed by atoms with van der Waals surface area (Å²) in [6, 6.07) is -0.407. The van der Waals surface area contributed by atoms with Crippen LogP contribution in [0.3, 0.4) is 0 Å². The molecule has 5 heteroatoms. The molecule has 0 aliphatic carbocycles. The minimum absolute atomic E-state index is 0.0280. The maximum absolute atomic E-state index is 12.0. The lowest BCUT2D eigenvalue weighted by atomic mass is 10.0. The van der Waals surface area contributed by atoms with Crippen molar-refractivity contribution in [3.8, 4) is 0 Å². The van der Waals surface area contributed by atoms with Gasteiger partial charge in [-0.25, -0.2) is 8.42 Å². The second-order valence-corrected chi connectivity index (χ2v) is 6.44. The van der Waals surface area contributed by atoms with E-state index in [0.717, 1.165) is 19.3 Å². The third kappa shape index (κ3) is 3.28. The number of hydrogen-bond donors (Lipinski definition) is 0. The monoisotopic (exact) mass is 247 g/mol. The molecule has 1 rings (SSSR count). The fourth-order valence-corrected chi connectivity index (χ4v) is 4.02. The van der Waals surface area contributed by atoms with Gasteiger partial charge in [0, 0.05) is 6.54 Å². The number of piperidine rings is 1. The number of Topliss-reactive ketones (excluding diaryl/α,β-unsaturated/α-hetero) is 1. The van der Waals surface area contributed by atoms with Crippen LogP contribution >= 0.6 is 0 Å². The average Bonchev–Trinajstić information content (AvgIpc) is 2.26. The van der Waals surface area contributed by atoms with Gasteiger partial charge in [-0.1, -0.05) is 19.8 Å². The van der Waals surface area contributed by atoms with E-state index in [4.69, 9.17) is 0 Å². The van der Waals surface area contributed by atoms with Crippen molar-refractivity contribution < 1.29 is 13.2 Å². The molecule has 0 spiro atoms. The predicted molar refractivity (Wildman–Crippen MR) is 63.7 cm³/mol. The van der Waals surface area contributed by atoms with Crippen molar-refractivity contribution in [1.29, 1.82) is 0 Å². The zero-order chi connectivity index (χ0) is 12.2. The molecule has 1 saturated heterocycles. The minimum Gasteiger partial charge on any atom is -0.298 e. The van der Waals surface area contributed by atoms with Gasteiger partial charge in [-0.3, -0.25) is 4.79 Å². The van der Waals surface area contributed by atoms with E-state index in [-0.39, 0.29) is 11.5 Å². The van der Waals surface area contributed by atoms with Gasteiger partial charge in [-0.05, 0) is 26.2 Å². The number of sulfonamides is 1. The number of carbonyl (C=O) groups is 1. The predicted octanol–water partition coefficient (Wildman–Crippen LogP) is 1.56. The van der Waals surface area contributed by atoms with Crippen molar-refractivity contribution in [3.63, 3.8) is 0 Å². The smallest absolute Gasteiger partial charge is 0.214 e. The maximum atomic E-state index is 12.0. The third-order valence-electron chi connectivity index (χ3n) is 3.04. The molecule has 0 aromatic carbocycles. The van der Waals surface area contributed by atoms with Gasteiger partial charge in [-0.15, -0.1) is 0 Å². The summed E-state index contributed by atoms with van der Waals surface area (Å²) in [7, 11) is -3.23. The average molecular weight is 247 g/mol. The van der Waals surface area contributed by atoms with Gasteiger partial charge in [0.1, 0.15) is 5.78 Å². The standard InChI is InChI=1S/C11H21NO3S/c1-3-4-9-16(14,15)12-8-6-5-7-11(12)10(2)13/h11H,3-9H2,1-2H3.